The van der Waals surface area contributed by atoms with Crippen LogP contribution in [0.3, 0.4) is 0 Å². The van der Waals surface area contributed by atoms with Gasteiger partial charge in [0.15, 0.2) is 11.0 Å². The quantitative estimate of drug-likeness (QED) is 0.756. The summed E-state index contributed by atoms with van der Waals surface area (Å²) < 4.78 is 16.5. The van der Waals surface area contributed by atoms with E-state index in [1.807, 2.05) is 38.1 Å². The standard InChI is InChI=1S/C15H21NOS/c1-12-8-10-15(11-9-12)18(17)16-13(2)14-6-4-3-5-7-14/h8-11,14H,3-7H2,1-2H3/b16-13+. The molecule has 0 spiro atoms. The molecule has 0 radical (unpaired) electrons. The molecule has 1 unspecified atom stereocenters. The first-order valence-electron chi connectivity index (χ1n) is 6.70. The van der Waals surface area contributed by atoms with Crippen molar-refractivity contribution in [3.63, 3.8) is 0 Å². The SMILES string of the molecule is C/C(=N\S(=O)c1ccc(C)cc1)C1CCCCC1. The largest absolute Gasteiger partial charge is 0.229 e. The Morgan fingerprint density at radius 2 is 1.78 bits per heavy atom. The maximum absolute atomic E-state index is 12.1. The van der Waals surface area contributed by atoms with E-state index in [4.69, 9.17) is 0 Å². The van der Waals surface area contributed by atoms with Crippen LogP contribution in [0, 0.1) is 12.8 Å². The van der Waals surface area contributed by atoms with E-state index in [0.29, 0.717) is 5.92 Å². The van der Waals surface area contributed by atoms with Crippen LogP contribution in [-0.2, 0) is 11.0 Å². The molecular formula is C15H21NOS. The number of aryl methyl sites for hydroxylation is 1. The first-order chi connectivity index (χ1) is 8.66. The molecule has 1 aromatic carbocycles. The summed E-state index contributed by atoms with van der Waals surface area (Å²) in [5.74, 6) is 0.549. The van der Waals surface area contributed by atoms with Crippen molar-refractivity contribution >= 4 is 16.7 Å². The minimum Gasteiger partial charge on any atom is -0.229 e. The third kappa shape index (κ3) is 3.52. The van der Waals surface area contributed by atoms with Gasteiger partial charge in [-0.25, -0.2) is 4.21 Å². The fourth-order valence-corrected chi connectivity index (χ4v) is 3.32. The Hall–Kier alpha value is -0.960. The smallest absolute Gasteiger partial charge is 0.172 e. The molecule has 1 aromatic rings. The molecule has 0 N–H and O–H groups in total. The molecule has 0 amide bonds. The van der Waals surface area contributed by atoms with Gasteiger partial charge in [-0.05, 0) is 44.7 Å². The van der Waals surface area contributed by atoms with Crippen molar-refractivity contribution in [2.75, 3.05) is 0 Å². The maximum atomic E-state index is 12.1. The van der Waals surface area contributed by atoms with Crippen LogP contribution < -0.4 is 0 Å². The van der Waals surface area contributed by atoms with Crippen LogP contribution in [-0.4, -0.2) is 9.92 Å². The molecule has 2 nitrogen and oxygen atoms in total. The summed E-state index contributed by atoms with van der Waals surface area (Å²) in [6.45, 7) is 4.06. The van der Waals surface area contributed by atoms with Gasteiger partial charge >= 0.3 is 0 Å². The van der Waals surface area contributed by atoms with E-state index in [1.165, 1.54) is 37.7 Å². The molecule has 98 valence electrons. The van der Waals surface area contributed by atoms with E-state index >= 15 is 0 Å². The molecule has 2 rings (SSSR count). The lowest BCUT2D eigenvalue weighted by atomic mass is 9.86. The van der Waals surface area contributed by atoms with Crippen LogP contribution in [0.1, 0.15) is 44.6 Å². The Kier molecular flexibility index (Phi) is 4.70. The van der Waals surface area contributed by atoms with E-state index in [0.717, 1.165) is 10.6 Å². The predicted molar refractivity (Wildman–Crippen MR) is 77.3 cm³/mol. The molecular weight excluding hydrogens is 242 g/mol. The van der Waals surface area contributed by atoms with Crippen molar-refractivity contribution in [2.45, 2.75) is 50.8 Å². The van der Waals surface area contributed by atoms with Crippen LogP contribution >= 0.6 is 0 Å². The Balaban J connectivity index is 2.06. The van der Waals surface area contributed by atoms with Crippen LogP contribution in [0.5, 0.6) is 0 Å². The second-order valence-corrected chi connectivity index (χ2v) is 6.28. The van der Waals surface area contributed by atoms with Gasteiger partial charge in [0.2, 0.25) is 0 Å². The van der Waals surface area contributed by atoms with E-state index in [9.17, 15) is 4.21 Å². The Bertz CT molecular complexity index is 444. The van der Waals surface area contributed by atoms with Gasteiger partial charge in [-0.1, -0.05) is 37.0 Å². The summed E-state index contributed by atoms with van der Waals surface area (Å²) >= 11 is 0. The van der Waals surface area contributed by atoms with E-state index < -0.39 is 11.0 Å². The van der Waals surface area contributed by atoms with Gasteiger partial charge < -0.3 is 0 Å². The molecule has 3 heteroatoms. The van der Waals surface area contributed by atoms with Crippen molar-refractivity contribution in [3.8, 4) is 0 Å². The van der Waals surface area contributed by atoms with Crippen LogP contribution in [0.15, 0.2) is 33.6 Å². The van der Waals surface area contributed by atoms with Gasteiger partial charge in [-0.15, -0.1) is 0 Å². The molecule has 1 aliphatic carbocycles. The predicted octanol–water partition coefficient (Wildman–Crippen LogP) is 4.06. The van der Waals surface area contributed by atoms with Crippen molar-refractivity contribution < 1.29 is 4.21 Å². The Morgan fingerprint density at radius 3 is 2.39 bits per heavy atom. The molecule has 1 atom stereocenters. The van der Waals surface area contributed by atoms with Crippen LogP contribution in [0.25, 0.3) is 0 Å². The Labute approximate surface area is 112 Å². The molecule has 1 saturated carbocycles. The van der Waals surface area contributed by atoms with Gasteiger partial charge in [-0.3, -0.25) is 0 Å². The average molecular weight is 263 g/mol. The molecule has 0 aromatic heterocycles. The lowest BCUT2D eigenvalue weighted by molar-refractivity contribution is 0.439. The van der Waals surface area contributed by atoms with Gasteiger partial charge in [-0.2, -0.15) is 4.40 Å². The summed E-state index contributed by atoms with van der Waals surface area (Å²) in [6, 6.07) is 7.78. The number of rotatable bonds is 3. The number of nitrogens with zero attached hydrogens (tertiary/aromatic N) is 1. The number of benzene rings is 1. The molecule has 0 heterocycles. The van der Waals surface area contributed by atoms with Crippen molar-refractivity contribution in [3.05, 3.63) is 29.8 Å². The summed E-state index contributed by atoms with van der Waals surface area (Å²) in [6.07, 6.45) is 6.33. The minimum atomic E-state index is -1.24. The number of hydrogen-bond donors (Lipinski definition) is 0. The molecule has 1 fully saturated rings. The van der Waals surface area contributed by atoms with Gasteiger partial charge in [0.1, 0.15) is 0 Å². The highest BCUT2D eigenvalue weighted by molar-refractivity contribution is 7.83. The zero-order valence-electron chi connectivity index (χ0n) is 11.2. The van der Waals surface area contributed by atoms with Crippen molar-refractivity contribution in [1.82, 2.24) is 0 Å². The molecule has 0 bridgehead atoms. The van der Waals surface area contributed by atoms with Gasteiger partial charge in [0.25, 0.3) is 0 Å². The highest BCUT2D eigenvalue weighted by atomic mass is 32.2. The average Bonchev–Trinajstić information content (AvgIpc) is 2.40. The van der Waals surface area contributed by atoms with Gasteiger partial charge in [0, 0.05) is 5.71 Å². The molecule has 1 aliphatic rings. The summed E-state index contributed by atoms with van der Waals surface area (Å²) in [5.41, 5.74) is 2.25. The molecule has 0 saturated heterocycles. The second kappa shape index (κ2) is 6.28. The maximum Gasteiger partial charge on any atom is 0.172 e. The first kappa shape index (κ1) is 13.5. The van der Waals surface area contributed by atoms with Crippen LogP contribution in [0.4, 0.5) is 0 Å². The van der Waals surface area contributed by atoms with Crippen molar-refractivity contribution in [1.29, 1.82) is 0 Å². The molecule has 18 heavy (non-hydrogen) atoms. The van der Waals surface area contributed by atoms with Crippen LogP contribution in [0.2, 0.25) is 0 Å². The lowest BCUT2D eigenvalue weighted by Crippen LogP contribution is -2.15. The Morgan fingerprint density at radius 1 is 1.17 bits per heavy atom. The number of hydrogen-bond acceptors (Lipinski definition) is 1. The fourth-order valence-electron chi connectivity index (χ4n) is 2.43. The highest BCUT2D eigenvalue weighted by Gasteiger charge is 2.17. The summed E-state index contributed by atoms with van der Waals surface area (Å²) in [7, 11) is -1.24. The fraction of sp³-hybridized carbons (Fsp3) is 0.533. The van der Waals surface area contributed by atoms with Crippen molar-refractivity contribution in [2.24, 2.45) is 10.3 Å². The summed E-state index contributed by atoms with van der Waals surface area (Å²) in [5, 5.41) is 0. The topological polar surface area (TPSA) is 29.4 Å². The third-order valence-corrected chi connectivity index (χ3v) is 4.77. The summed E-state index contributed by atoms with van der Waals surface area (Å²) in [4.78, 5) is 0.802. The monoisotopic (exact) mass is 263 g/mol. The highest BCUT2D eigenvalue weighted by Crippen LogP contribution is 2.25. The van der Waals surface area contributed by atoms with E-state index in [-0.39, 0.29) is 0 Å². The lowest BCUT2D eigenvalue weighted by Gasteiger charge is -2.20. The molecule has 0 aliphatic heterocycles. The van der Waals surface area contributed by atoms with E-state index in [2.05, 4.69) is 4.40 Å². The van der Waals surface area contributed by atoms with Gasteiger partial charge in [0.05, 0.1) is 4.90 Å². The van der Waals surface area contributed by atoms with E-state index in [1.54, 1.807) is 0 Å². The third-order valence-electron chi connectivity index (χ3n) is 3.65. The normalized spacial score (nSPS) is 19.8. The zero-order valence-corrected chi connectivity index (χ0v) is 12.0. The zero-order chi connectivity index (χ0) is 13.0. The second-order valence-electron chi connectivity index (χ2n) is 5.13. The minimum absolute atomic E-state index is 0.549. The first-order valence-corrected chi connectivity index (χ1v) is 7.81.